The van der Waals surface area contributed by atoms with Crippen LogP contribution in [0.5, 0.6) is 0 Å². The summed E-state index contributed by atoms with van der Waals surface area (Å²) in [5.74, 6) is 0.405. The average Bonchev–Trinajstić information content (AvgIpc) is 3.04. The van der Waals surface area contributed by atoms with Gasteiger partial charge in [0.05, 0.1) is 5.69 Å². The first-order valence-electron chi connectivity index (χ1n) is 6.57. The number of benzene rings is 1. The Kier molecular flexibility index (Phi) is 3.47. The van der Waals surface area contributed by atoms with Gasteiger partial charge < -0.3 is 5.32 Å². The lowest BCUT2D eigenvalue weighted by Gasteiger charge is -2.07. The van der Waals surface area contributed by atoms with E-state index in [0.29, 0.717) is 11.4 Å². The van der Waals surface area contributed by atoms with Crippen molar-refractivity contribution < 1.29 is 4.79 Å². The second-order valence-electron chi connectivity index (χ2n) is 4.62. The molecule has 1 N–H and O–H groups in total. The fourth-order valence-corrected chi connectivity index (χ4v) is 1.98. The van der Waals surface area contributed by atoms with Crippen LogP contribution in [0.15, 0.2) is 61.1 Å². The molecule has 1 amide bonds. The van der Waals surface area contributed by atoms with Crippen molar-refractivity contribution in [3.05, 3.63) is 72.2 Å². The summed E-state index contributed by atoms with van der Waals surface area (Å²) in [6.07, 6.45) is 5.22. The largest absolute Gasteiger partial charge is 0.306 e. The van der Waals surface area contributed by atoms with Gasteiger partial charge in [0.1, 0.15) is 5.82 Å². The van der Waals surface area contributed by atoms with Crippen LogP contribution in [0.2, 0.25) is 0 Å². The number of aromatic nitrogens is 3. The number of aryl methyl sites for hydroxylation is 1. The SMILES string of the molecule is Cc1cccnc1NC(=O)c1ccc(-n2cccn2)cc1. The molecule has 1 aromatic carbocycles. The van der Waals surface area contributed by atoms with Crippen molar-refractivity contribution in [3.8, 4) is 5.69 Å². The number of amides is 1. The molecule has 0 unspecified atom stereocenters. The Balaban J connectivity index is 1.78. The van der Waals surface area contributed by atoms with Gasteiger partial charge in [-0.1, -0.05) is 6.07 Å². The van der Waals surface area contributed by atoms with Gasteiger partial charge >= 0.3 is 0 Å². The Morgan fingerprint density at radius 2 is 1.90 bits per heavy atom. The van der Waals surface area contributed by atoms with E-state index < -0.39 is 0 Å². The monoisotopic (exact) mass is 278 g/mol. The molecule has 0 spiro atoms. The summed E-state index contributed by atoms with van der Waals surface area (Å²) in [5, 5.41) is 6.95. The summed E-state index contributed by atoms with van der Waals surface area (Å²) in [6, 6.07) is 12.8. The van der Waals surface area contributed by atoms with Crippen molar-refractivity contribution in [1.29, 1.82) is 0 Å². The van der Waals surface area contributed by atoms with Crippen molar-refractivity contribution in [1.82, 2.24) is 14.8 Å². The molecule has 5 heteroatoms. The van der Waals surface area contributed by atoms with Crippen LogP contribution in [0.4, 0.5) is 5.82 Å². The maximum Gasteiger partial charge on any atom is 0.256 e. The summed E-state index contributed by atoms with van der Waals surface area (Å²) in [6.45, 7) is 1.91. The molecule has 2 heterocycles. The van der Waals surface area contributed by atoms with Gasteiger partial charge in [-0.2, -0.15) is 5.10 Å². The molecule has 0 radical (unpaired) electrons. The fraction of sp³-hybridized carbons (Fsp3) is 0.0625. The summed E-state index contributed by atoms with van der Waals surface area (Å²) in [7, 11) is 0. The topological polar surface area (TPSA) is 59.8 Å². The lowest BCUT2D eigenvalue weighted by atomic mass is 10.2. The predicted molar refractivity (Wildman–Crippen MR) is 80.5 cm³/mol. The summed E-state index contributed by atoms with van der Waals surface area (Å²) < 4.78 is 1.74. The molecule has 0 aliphatic rings. The number of rotatable bonds is 3. The molecule has 0 aliphatic carbocycles. The molecule has 2 aromatic heterocycles. The summed E-state index contributed by atoms with van der Waals surface area (Å²) >= 11 is 0. The molecule has 0 fully saturated rings. The second kappa shape index (κ2) is 5.58. The maximum atomic E-state index is 12.2. The summed E-state index contributed by atoms with van der Waals surface area (Å²) in [4.78, 5) is 16.3. The Labute approximate surface area is 122 Å². The van der Waals surface area contributed by atoms with Gasteiger partial charge in [0.2, 0.25) is 0 Å². The second-order valence-corrected chi connectivity index (χ2v) is 4.62. The molecule has 104 valence electrons. The van der Waals surface area contributed by atoms with Crippen LogP contribution in [0.3, 0.4) is 0 Å². The number of pyridine rings is 1. The van der Waals surface area contributed by atoms with Crippen molar-refractivity contribution >= 4 is 11.7 Å². The van der Waals surface area contributed by atoms with Gasteiger partial charge in [0.25, 0.3) is 5.91 Å². The highest BCUT2D eigenvalue weighted by molar-refractivity contribution is 6.04. The van der Waals surface area contributed by atoms with Gasteiger partial charge in [0.15, 0.2) is 0 Å². The van der Waals surface area contributed by atoms with E-state index in [1.807, 2.05) is 43.5 Å². The molecule has 5 nitrogen and oxygen atoms in total. The minimum atomic E-state index is -0.177. The normalized spacial score (nSPS) is 10.3. The smallest absolute Gasteiger partial charge is 0.256 e. The zero-order valence-electron chi connectivity index (χ0n) is 11.5. The Morgan fingerprint density at radius 1 is 1.10 bits per heavy atom. The van der Waals surface area contributed by atoms with Gasteiger partial charge in [-0.05, 0) is 48.9 Å². The lowest BCUT2D eigenvalue weighted by Crippen LogP contribution is -2.13. The van der Waals surface area contributed by atoms with Crippen LogP contribution in [0.25, 0.3) is 5.69 Å². The molecule has 0 atom stereocenters. The molecular weight excluding hydrogens is 264 g/mol. The third-order valence-electron chi connectivity index (χ3n) is 3.14. The zero-order chi connectivity index (χ0) is 14.7. The van der Waals surface area contributed by atoms with Crippen molar-refractivity contribution in [2.75, 3.05) is 5.32 Å². The van der Waals surface area contributed by atoms with E-state index >= 15 is 0 Å². The van der Waals surface area contributed by atoms with Crippen molar-refractivity contribution in [2.45, 2.75) is 6.92 Å². The number of anilines is 1. The van der Waals surface area contributed by atoms with E-state index in [2.05, 4.69) is 15.4 Å². The summed E-state index contributed by atoms with van der Waals surface area (Å²) in [5.41, 5.74) is 2.42. The van der Waals surface area contributed by atoms with Crippen LogP contribution in [0.1, 0.15) is 15.9 Å². The van der Waals surface area contributed by atoms with Crippen LogP contribution in [-0.4, -0.2) is 20.7 Å². The molecule has 0 saturated carbocycles. The zero-order valence-corrected chi connectivity index (χ0v) is 11.5. The van der Waals surface area contributed by atoms with Gasteiger partial charge in [-0.25, -0.2) is 9.67 Å². The van der Waals surface area contributed by atoms with E-state index in [1.165, 1.54) is 0 Å². The number of hydrogen-bond acceptors (Lipinski definition) is 3. The van der Waals surface area contributed by atoms with Gasteiger partial charge in [-0.3, -0.25) is 4.79 Å². The number of nitrogens with one attached hydrogen (secondary N) is 1. The molecule has 0 saturated heterocycles. The van der Waals surface area contributed by atoms with Crippen LogP contribution in [-0.2, 0) is 0 Å². The minimum Gasteiger partial charge on any atom is -0.306 e. The predicted octanol–water partition coefficient (Wildman–Crippen LogP) is 2.83. The van der Waals surface area contributed by atoms with Crippen LogP contribution < -0.4 is 5.32 Å². The van der Waals surface area contributed by atoms with Gasteiger partial charge in [0, 0.05) is 24.2 Å². The first kappa shape index (κ1) is 13.1. The van der Waals surface area contributed by atoms with E-state index in [4.69, 9.17) is 0 Å². The number of hydrogen-bond donors (Lipinski definition) is 1. The highest BCUT2D eigenvalue weighted by Crippen LogP contribution is 2.13. The highest BCUT2D eigenvalue weighted by Gasteiger charge is 2.08. The third kappa shape index (κ3) is 2.81. The third-order valence-corrected chi connectivity index (χ3v) is 3.14. The maximum absolute atomic E-state index is 12.2. The van der Waals surface area contributed by atoms with Crippen LogP contribution in [0, 0.1) is 6.92 Å². The first-order valence-corrected chi connectivity index (χ1v) is 6.57. The molecule has 3 rings (SSSR count). The quantitative estimate of drug-likeness (QED) is 0.801. The lowest BCUT2D eigenvalue weighted by molar-refractivity contribution is 0.102. The Morgan fingerprint density at radius 3 is 2.57 bits per heavy atom. The minimum absolute atomic E-state index is 0.177. The fourth-order valence-electron chi connectivity index (χ4n) is 1.98. The first-order chi connectivity index (χ1) is 10.2. The standard InChI is InChI=1S/C16H14N4O/c1-12-4-2-9-17-15(12)19-16(21)13-5-7-14(8-6-13)20-11-3-10-18-20/h2-11H,1H3,(H,17,19,21). The van der Waals surface area contributed by atoms with E-state index in [-0.39, 0.29) is 5.91 Å². The van der Waals surface area contributed by atoms with Crippen molar-refractivity contribution in [2.24, 2.45) is 0 Å². The van der Waals surface area contributed by atoms with Crippen molar-refractivity contribution in [3.63, 3.8) is 0 Å². The molecular formula is C16H14N4O. The molecule has 0 bridgehead atoms. The number of carbonyl (C=O) groups excluding carboxylic acids is 1. The number of carbonyl (C=O) groups is 1. The van der Waals surface area contributed by atoms with E-state index in [0.717, 1.165) is 11.3 Å². The number of nitrogens with zero attached hydrogens (tertiary/aromatic N) is 3. The molecule has 21 heavy (non-hydrogen) atoms. The Hall–Kier alpha value is -2.95. The van der Waals surface area contributed by atoms with Crippen LogP contribution >= 0.6 is 0 Å². The Bertz CT molecular complexity index is 748. The molecule has 3 aromatic rings. The van der Waals surface area contributed by atoms with Gasteiger partial charge in [-0.15, -0.1) is 0 Å². The molecule has 0 aliphatic heterocycles. The van der Waals surface area contributed by atoms with E-state index in [9.17, 15) is 4.79 Å². The highest BCUT2D eigenvalue weighted by atomic mass is 16.1. The average molecular weight is 278 g/mol. The van der Waals surface area contributed by atoms with E-state index in [1.54, 1.807) is 29.2 Å².